The highest BCUT2D eigenvalue weighted by Gasteiger charge is 2.38. The van der Waals surface area contributed by atoms with Gasteiger partial charge in [-0.2, -0.15) is 0 Å². The fourth-order valence-corrected chi connectivity index (χ4v) is 3.70. The van der Waals surface area contributed by atoms with Crippen molar-refractivity contribution < 1.29 is 14.3 Å². The Morgan fingerprint density at radius 1 is 0.875 bits per heavy atom. The molecule has 2 aromatic rings. The summed E-state index contributed by atoms with van der Waals surface area (Å²) in [5.41, 5.74) is 5.79. The molecule has 0 fully saturated rings. The van der Waals surface area contributed by atoms with Crippen molar-refractivity contribution in [1.29, 1.82) is 0 Å². The number of carbonyl (C=O) groups excluding carboxylic acids is 2. The van der Waals surface area contributed by atoms with Gasteiger partial charge in [-0.3, -0.25) is 14.5 Å². The lowest BCUT2D eigenvalue weighted by Crippen LogP contribution is -2.34. The third kappa shape index (κ3) is 5.46. The van der Waals surface area contributed by atoms with E-state index in [1.54, 1.807) is 0 Å². The van der Waals surface area contributed by atoms with E-state index in [4.69, 9.17) is 4.74 Å². The molecule has 0 aromatic heterocycles. The second-order valence-corrected chi connectivity index (χ2v) is 8.31. The Labute approximate surface area is 191 Å². The van der Waals surface area contributed by atoms with Gasteiger partial charge in [-0.05, 0) is 67.5 Å². The molecule has 1 heterocycles. The Morgan fingerprint density at radius 2 is 1.59 bits per heavy atom. The molecule has 1 aliphatic rings. The van der Waals surface area contributed by atoms with Gasteiger partial charge in [0.1, 0.15) is 5.70 Å². The minimum absolute atomic E-state index is 0.250. The molecule has 0 aliphatic carbocycles. The molecule has 32 heavy (non-hydrogen) atoms. The van der Waals surface area contributed by atoms with Crippen molar-refractivity contribution in [3.8, 4) is 0 Å². The number of benzene rings is 2. The van der Waals surface area contributed by atoms with E-state index < -0.39 is 0 Å². The maximum atomic E-state index is 13.3. The van der Waals surface area contributed by atoms with Gasteiger partial charge in [0.25, 0.3) is 11.8 Å². The number of anilines is 1. The average Bonchev–Trinajstić information content (AvgIpc) is 3.02. The third-order valence-electron chi connectivity index (χ3n) is 5.91. The van der Waals surface area contributed by atoms with E-state index >= 15 is 0 Å². The molecule has 170 valence electrons. The summed E-state index contributed by atoms with van der Waals surface area (Å²) in [5.74, 6) is -0.532. The summed E-state index contributed by atoms with van der Waals surface area (Å²) < 4.78 is 5.61. The first-order valence-corrected chi connectivity index (χ1v) is 11.6. The van der Waals surface area contributed by atoms with Crippen LogP contribution in [0.4, 0.5) is 5.69 Å². The SMILES string of the molecule is CCCCOCCCN1C(=O)C(Nc2ccc(CC)cc2)=C(c2ccc(C)c(C)c2)C1=O. The van der Waals surface area contributed by atoms with Crippen LogP contribution in [0.25, 0.3) is 5.57 Å². The number of nitrogens with one attached hydrogen (secondary N) is 1. The lowest BCUT2D eigenvalue weighted by atomic mass is 9.99. The predicted octanol–water partition coefficient (Wildman–Crippen LogP) is 5.26. The molecule has 5 nitrogen and oxygen atoms in total. The van der Waals surface area contributed by atoms with Crippen molar-refractivity contribution in [1.82, 2.24) is 4.90 Å². The number of carbonyl (C=O) groups is 2. The van der Waals surface area contributed by atoms with Gasteiger partial charge in [0.15, 0.2) is 0 Å². The number of rotatable bonds is 11. The predicted molar refractivity (Wildman–Crippen MR) is 129 cm³/mol. The molecule has 2 amide bonds. The van der Waals surface area contributed by atoms with Gasteiger partial charge in [0, 0.05) is 25.4 Å². The minimum Gasteiger partial charge on any atom is -0.381 e. The van der Waals surface area contributed by atoms with Crippen LogP contribution in [-0.4, -0.2) is 36.5 Å². The first-order chi connectivity index (χ1) is 15.5. The fraction of sp³-hybridized carbons (Fsp3) is 0.407. The second-order valence-electron chi connectivity index (χ2n) is 8.31. The zero-order chi connectivity index (χ0) is 23.1. The fourth-order valence-electron chi connectivity index (χ4n) is 3.70. The highest BCUT2D eigenvalue weighted by molar-refractivity contribution is 6.36. The monoisotopic (exact) mass is 434 g/mol. The van der Waals surface area contributed by atoms with Crippen LogP contribution in [0.3, 0.4) is 0 Å². The van der Waals surface area contributed by atoms with E-state index in [1.165, 1.54) is 10.5 Å². The normalized spacial score (nSPS) is 13.9. The van der Waals surface area contributed by atoms with Crippen LogP contribution in [-0.2, 0) is 20.7 Å². The second kappa shape index (κ2) is 11.1. The molecule has 0 saturated carbocycles. The standard InChI is InChI=1S/C27H34N2O3/c1-5-7-16-32-17-8-15-29-26(30)24(22-12-9-19(3)20(4)18-22)25(27(29)31)28-23-13-10-21(6-2)11-14-23/h9-14,18,28H,5-8,15-17H2,1-4H3. The number of hydrogen-bond acceptors (Lipinski definition) is 4. The van der Waals surface area contributed by atoms with Crippen LogP contribution >= 0.6 is 0 Å². The van der Waals surface area contributed by atoms with E-state index in [0.717, 1.165) is 41.6 Å². The molecule has 5 heteroatoms. The van der Waals surface area contributed by atoms with Gasteiger partial charge in [-0.15, -0.1) is 0 Å². The summed E-state index contributed by atoms with van der Waals surface area (Å²) in [5, 5.41) is 3.24. The molecule has 0 radical (unpaired) electrons. The number of hydrogen-bond donors (Lipinski definition) is 1. The van der Waals surface area contributed by atoms with Gasteiger partial charge < -0.3 is 10.1 Å². The number of amides is 2. The highest BCUT2D eigenvalue weighted by atomic mass is 16.5. The van der Waals surface area contributed by atoms with Gasteiger partial charge in [-0.25, -0.2) is 0 Å². The Morgan fingerprint density at radius 3 is 2.25 bits per heavy atom. The largest absolute Gasteiger partial charge is 0.381 e. The van der Waals surface area contributed by atoms with E-state index in [1.807, 2.05) is 56.3 Å². The van der Waals surface area contributed by atoms with Crippen molar-refractivity contribution in [2.24, 2.45) is 0 Å². The molecular formula is C27H34N2O3. The van der Waals surface area contributed by atoms with E-state index in [0.29, 0.717) is 37.4 Å². The smallest absolute Gasteiger partial charge is 0.278 e. The lowest BCUT2D eigenvalue weighted by Gasteiger charge is -2.15. The van der Waals surface area contributed by atoms with E-state index in [-0.39, 0.29) is 11.8 Å². The summed E-state index contributed by atoms with van der Waals surface area (Å²) in [6.45, 7) is 9.87. The average molecular weight is 435 g/mol. The van der Waals surface area contributed by atoms with Crippen LogP contribution < -0.4 is 5.32 Å². The molecule has 1 aliphatic heterocycles. The Hall–Kier alpha value is -2.92. The molecule has 0 spiro atoms. The van der Waals surface area contributed by atoms with Gasteiger partial charge in [0.2, 0.25) is 0 Å². The number of ether oxygens (including phenoxy) is 1. The molecular weight excluding hydrogens is 400 g/mol. The first kappa shape index (κ1) is 23.7. The summed E-state index contributed by atoms with van der Waals surface area (Å²) in [6.07, 6.45) is 3.67. The maximum absolute atomic E-state index is 13.3. The van der Waals surface area contributed by atoms with E-state index in [9.17, 15) is 9.59 Å². The minimum atomic E-state index is -0.281. The molecule has 0 unspecified atom stereocenters. The highest BCUT2D eigenvalue weighted by Crippen LogP contribution is 2.31. The zero-order valence-corrected chi connectivity index (χ0v) is 19.7. The van der Waals surface area contributed by atoms with Gasteiger partial charge >= 0.3 is 0 Å². The zero-order valence-electron chi connectivity index (χ0n) is 19.7. The van der Waals surface area contributed by atoms with E-state index in [2.05, 4.69) is 19.2 Å². The Balaban J connectivity index is 1.85. The van der Waals surface area contributed by atoms with Crippen molar-refractivity contribution in [3.05, 3.63) is 70.4 Å². The van der Waals surface area contributed by atoms with Crippen LogP contribution in [0.2, 0.25) is 0 Å². The third-order valence-corrected chi connectivity index (χ3v) is 5.91. The first-order valence-electron chi connectivity index (χ1n) is 11.6. The Bertz CT molecular complexity index is 992. The maximum Gasteiger partial charge on any atom is 0.278 e. The Kier molecular flexibility index (Phi) is 8.23. The molecule has 1 N–H and O–H groups in total. The van der Waals surface area contributed by atoms with Crippen LogP contribution in [0, 0.1) is 13.8 Å². The van der Waals surface area contributed by atoms with Crippen molar-refractivity contribution >= 4 is 23.1 Å². The summed E-state index contributed by atoms with van der Waals surface area (Å²) in [4.78, 5) is 28.0. The number of nitrogens with zero attached hydrogens (tertiary/aromatic N) is 1. The van der Waals surface area contributed by atoms with Gasteiger partial charge in [0.05, 0.1) is 5.57 Å². The van der Waals surface area contributed by atoms with Crippen LogP contribution in [0.15, 0.2) is 48.2 Å². The summed E-state index contributed by atoms with van der Waals surface area (Å²) >= 11 is 0. The van der Waals surface area contributed by atoms with Crippen molar-refractivity contribution in [2.45, 2.75) is 53.4 Å². The molecule has 0 atom stereocenters. The van der Waals surface area contributed by atoms with Crippen LogP contribution in [0.1, 0.15) is 55.4 Å². The number of imide groups is 1. The van der Waals surface area contributed by atoms with Crippen molar-refractivity contribution in [3.63, 3.8) is 0 Å². The molecule has 0 bridgehead atoms. The van der Waals surface area contributed by atoms with Crippen molar-refractivity contribution in [2.75, 3.05) is 25.1 Å². The number of unbranched alkanes of at least 4 members (excludes halogenated alkanes) is 1. The summed E-state index contributed by atoms with van der Waals surface area (Å²) in [7, 11) is 0. The molecule has 2 aromatic carbocycles. The topological polar surface area (TPSA) is 58.6 Å². The lowest BCUT2D eigenvalue weighted by molar-refractivity contribution is -0.137. The molecule has 3 rings (SSSR count). The van der Waals surface area contributed by atoms with Crippen LogP contribution in [0.5, 0.6) is 0 Å². The van der Waals surface area contributed by atoms with Gasteiger partial charge in [-0.1, -0.05) is 50.6 Å². The number of aryl methyl sites for hydroxylation is 3. The molecule has 0 saturated heterocycles. The quantitative estimate of drug-likeness (QED) is 0.387. The summed E-state index contributed by atoms with van der Waals surface area (Å²) in [6, 6.07) is 13.9.